The molecule has 0 heterocycles. The SMILES string of the molecule is Cc1cc(C)c(NCC(=O)NCCc2ccc(F)cc2)c(C)c1. The van der Waals surface area contributed by atoms with E-state index in [1.165, 1.54) is 17.7 Å². The van der Waals surface area contributed by atoms with Crippen LogP contribution in [0.25, 0.3) is 0 Å². The number of aryl methyl sites for hydroxylation is 3. The van der Waals surface area contributed by atoms with Crippen molar-refractivity contribution in [1.29, 1.82) is 0 Å². The maximum atomic E-state index is 12.8. The molecule has 122 valence electrons. The lowest BCUT2D eigenvalue weighted by atomic mass is 10.1. The highest BCUT2D eigenvalue weighted by Crippen LogP contribution is 2.21. The van der Waals surface area contributed by atoms with Crippen LogP contribution in [0.5, 0.6) is 0 Å². The molecule has 2 N–H and O–H groups in total. The Labute approximate surface area is 136 Å². The Balaban J connectivity index is 1.78. The Morgan fingerprint density at radius 2 is 1.65 bits per heavy atom. The van der Waals surface area contributed by atoms with Crippen molar-refractivity contribution in [3.05, 3.63) is 64.5 Å². The number of nitrogens with one attached hydrogen (secondary N) is 2. The van der Waals surface area contributed by atoms with E-state index in [4.69, 9.17) is 0 Å². The molecule has 0 saturated heterocycles. The zero-order valence-corrected chi connectivity index (χ0v) is 13.9. The van der Waals surface area contributed by atoms with Gasteiger partial charge in [-0.2, -0.15) is 0 Å². The van der Waals surface area contributed by atoms with Crippen LogP contribution in [0.4, 0.5) is 10.1 Å². The minimum atomic E-state index is -0.245. The van der Waals surface area contributed by atoms with Gasteiger partial charge >= 0.3 is 0 Å². The van der Waals surface area contributed by atoms with Gasteiger partial charge in [0.05, 0.1) is 6.54 Å². The van der Waals surface area contributed by atoms with Gasteiger partial charge in [0.15, 0.2) is 0 Å². The summed E-state index contributed by atoms with van der Waals surface area (Å²) in [6.07, 6.45) is 0.689. The van der Waals surface area contributed by atoms with Gasteiger partial charge < -0.3 is 10.6 Å². The third-order valence-corrected chi connectivity index (χ3v) is 3.75. The highest BCUT2D eigenvalue weighted by atomic mass is 19.1. The summed E-state index contributed by atoms with van der Waals surface area (Å²) in [6.45, 7) is 6.92. The topological polar surface area (TPSA) is 41.1 Å². The van der Waals surface area contributed by atoms with Crippen LogP contribution < -0.4 is 10.6 Å². The second-order valence-corrected chi connectivity index (χ2v) is 5.85. The summed E-state index contributed by atoms with van der Waals surface area (Å²) in [4.78, 5) is 11.9. The summed E-state index contributed by atoms with van der Waals surface area (Å²) in [5.41, 5.74) is 5.52. The molecule has 0 spiro atoms. The van der Waals surface area contributed by atoms with E-state index >= 15 is 0 Å². The fourth-order valence-electron chi connectivity index (χ4n) is 2.69. The predicted molar refractivity (Wildman–Crippen MR) is 92.3 cm³/mol. The molecule has 0 fully saturated rings. The molecule has 0 aromatic heterocycles. The molecule has 0 aliphatic rings. The molecule has 0 unspecified atom stereocenters. The molecule has 0 saturated carbocycles. The summed E-state index contributed by atoms with van der Waals surface area (Å²) < 4.78 is 12.8. The Kier molecular flexibility index (Phi) is 5.74. The molecule has 0 bridgehead atoms. The number of carbonyl (C=O) groups is 1. The molecule has 3 nitrogen and oxygen atoms in total. The van der Waals surface area contributed by atoms with Gasteiger partial charge in [-0.05, 0) is 56.0 Å². The number of carbonyl (C=O) groups excluding carboxylic acids is 1. The zero-order valence-electron chi connectivity index (χ0n) is 13.9. The third kappa shape index (κ3) is 5.09. The number of halogens is 1. The first-order chi connectivity index (χ1) is 11.0. The molecule has 1 amide bonds. The van der Waals surface area contributed by atoms with Crippen molar-refractivity contribution in [1.82, 2.24) is 5.32 Å². The number of anilines is 1. The Morgan fingerprint density at radius 3 is 2.26 bits per heavy atom. The van der Waals surface area contributed by atoms with E-state index in [-0.39, 0.29) is 18.3 Å². The van der Waals surface area contributed by atoms with Gasteiger partial charge in [-0.15, -0.1) is 0 Å². The average Bonchev–Trinajstić information content (AvgIpc) is 2.48. The number of hydrogen-bond donors (Lipinski definition) is 2. The fraction of sp³-hybridized carbons (Fsp3) is 0.316. The van der Waals surface area contributed by atoms with E-state index in [9.17, 15) is 9.18 Å². The lowest BCUT2D eigenvalue weighted by Crippen LogP contribution is -2.31. The summed E-state index contributed by atoms with van der Waals surface area (Å²) in [7, 11) is 0. The number of amides is 1. The van der Waals surface area contributed by atoms with Gasteiger partial charge in [0.1, 0.15) is 5.82 Å². The van der Waals surface area contributed by atoms with Gasteiger partial charge in [0.25, 0.3) is 0 Å². The van der Waals surface area contributed by atoms with Gasteiger partial charge in [0.2, 0.25) is 5.91 Å². The fourth-order valence-corrected chi connectivity index (χ4v) is 2.69. The van der Waals surface area contributed by atoms with Crippen molar-refractivity contribution in [2.75, 3.05) is 18.4 Å². The molecule has 2 aromatic carbocycles. The summed E-state index contributed by atoms with van der Waals surface area (Å²) >= 11 is 0. The van der Waals surface area contributed by atoms with Crippen molar-refractivity contribution in [3.63, 3.8) is 0 Å². The van der Waals surface area contributed by atoms with Crippen molar-refractivity contribution >= 4 is 11.6 Å². The Bertz CT molecular complexity index is 657. The highest BCUT2D eigenvalue weighted by Gasteiger charge is 2.06. The van der Waals surface area contributed by atoms with E-state index < -0.39 is 0 Å². The van der Waals surface area contributed by atoms with Crippen molar-refractivity contribution in [2.45, 2.75) is 27.2 Å². The standard InChI is InChI=1S/C19H23FN2O/c1-13-10-14(2)19(15(3)11-13)22-12-18(23)21-9-8-16-4-6-17(20)7-5-16/h4-7,10-11,22H,8-9,12H2,1-3H3,(H,21,23). The van der Waals surface area contributed by atoms with E-state index in [0.29, 0.717) is 13.0 Å². The molecule has 2 rings (SSSR count). The van der Waals surface area contributed by atoms with E-state index in [0.717, 1.165) is 22.4 Å². The zero-order chi connectivity index (χ0) is 16.8. The summed E-state index contributed by atoms with van der Waals surface area (Å²) in [6, 6.07) is 10.5. The minimum Gasteiger partial charge on any atom is -0.376 e. The molecular formula is C19H23FN2O. The van der Waals surface area contributed by atoms with Gasteiger partial charge in [-0.25, -0.2) is 4.39 Å². The maximum absolute atomic E-state index is 12.8. The lowest BCUT2D eigenvalue weighted by Gasteiger charge is -2.14. The van der Waals surface area contributed by atoms with Crippen LogP contribution in [0.3, 0.4) is 0 Å². The van der Waals surface area contributed by atoms with Crippen molar-refractivity contribution < 1.29 is 9.18 Å². The lowest BCUT2D eigenvalue weighted by molar-refractivity contribution is -0.119. The molecular weight excluding hydrogens is 291 g/mol. The first-order valence-electron chi connectivity index (χ1n) is 7.78. The van der Waals surface area contributed by atoms with Gasteiger partial charge in [-0.1, -0.05) is 29.8 Å². The molecule has 0 aliphatic heterocycles. The largest absolute Gasteiger partial charge is 0.376 e. The normalized spacial score (nSPS) is 10.4. The van der Waals surface area contributed by atoms with Gasteiger partial charge in [0, 0.05) is 12.2 Å². The van der Waals surface area contributed by atoms with Crippen LogP contribution >= 0.6 is 0 Å². The predicted octanol–water partition coefficient (Wildman–Crippen LogP) is 3.52. The average molecular weight is 314 g/mol. The van der Waals surface area contributed by atoms with E-state index in [1.807, 2.05) is 13.8 Å². The highest BCUT2D eigenvalue weighted by molar-refractivity contribution is 5.81. The number of rotatable bonds is 6. The monoisotopic (exact) mass is 314 g/mol. The smallest absolute Gasteiger partial charge is 0.239 e. The quantitative estimate of drug-likeness (QED) is 0.856. The summed E-state index contributed by atoms with van der Waals surface area (Å²) in [5, 5.41) is 6.07. The van der Waals surface area contributed by atoms with Crippen LogP contribution in [0.15, 0.2) is 36.4 Å². The van der Waals surface area contributed by atoms with E-state index in [1.54, 1.807) is 12.1 Å². The summed E-state index contributed by atoms with van der Waals surface area (Å²) in [5.74, 6) is -0.294. The van der Waals surface area contributed by atoms with Crippen LogP contribution in [0, 0.1) is 26.6 Å². The first kappa shape index (κ1) is 17.0. The Hall–Kier alpha value is -2.36. The van der Waals surface area contributed by atoms with Gasteiger partial charge in [-0.3, -0.25) is 4.79 Å². The second kappa shape index (κ2) is 7.77. The minimum absolute atomic E-state index is 0.0495. The molecule has 0 atom stereocenters. The molecule has 2 aromatic rings. The first-order valence-corrected chi connectivity index (χ1v) is 7.78. The molecule has 0 aliphatic carbocycles. The van der Waals surface area contributed by atoms with Crippen LogP contribution in [0.1, 0.15) is 22.3 Å². The molecule has 4 heteroatoms. The second-order valence-electron chi connectivity index (χ2n) is 5.85. The van der Waals surface area contributed by atoms with Crippen molar-refractivity contribution in [3.8, 4) is 0 Å². The molecule has 23 heavy (non-hydrogen) atoms. The van der Waals surface area contributed by atoms with Crippen LogP contribution in [-0.2, 0) is 11.2 Å². The molecule has 0 radical (unpaired) electrons. The maximum Gasteiger partial charge on any atom is 0.239 e. The number of benzene rings is 2. The Morgan fingerprint density at radius 1 is 1.04 bits per heavy atom. The van der Waals surface area contributed by atoms with E-state index in [2.05, 4.69) is 29.7 Å². The van der Waals surface area contributed by atoms with Crippen LogP contribution in [-0.4, -0.2) is 19.0 Å². The third-order valence-electron chi connectivity index (χ3n) is 3.75. The number of hydrogen-bond acceptors (Lipinski definition) is 2. The van der Waals surface area contributed by atoms with Crippen molar-refractivity contribution in [2.24, 2.45) is 0 Å². The van der Waals surface area contributed by atoms with Crippen LogP contribution in [0.2, 0.25) is 0 Å².